The third-order valence-corrected chi connectivity index (χ3v) is 4.98. The topological polar surface area (TPSA) is 78.4 Å². The minimum absolute atomic E-state index is 0.00486. The zero-order valence-electron chi connectivity index (χ0n) is 15.0. The standard InChI is InChI=1S/C20H30N2O3/c1-2-9-17(20(24)25)21-14-18(23)22-19(15-10-5-3-6-11-15)16-12-7-4-8-13-16/h3,5-6,10-11,16-17,19,21H,2,4,7-9,12-14H2,1H3,(H,22,23)(H,24,25). The highest BCUT2D eigenvalue weighted by Crippen LogP contribution is 2.34. The van der Waals surface area contributed by atoms with Gasteiger partial charge in [0.2, 0.25) is 5.91 Å². The summed E-state index contributed by atoms with van der Waals surface area (Å²) in [6.45, 7) is 1.97. The molecule has 1 aromatic carbocycles. The van der Waals surface area contributed by atoms with Crippen LogP contribution in [-0.4, -0.2) is 29.6 Å². The summed E-state index contributed by atoms with van der Waals surface area (Å²) in [6, 6.07) is 9.43. The molecule has 0 aromatic heterocycles. The van der Waals surface area contributed by atoms with Gasteiger partial charge in [0.15, 0.2) is 0 Å². The van der Waals surface area contributed by atoms with E-state index in [0.717, 1.165) is 24.8 Å². The number of benzene rings is 1. The van der Waals surface area contributed by atoms with Crippen LogP contribution in [0, 0.1) is 5.92 Å². The van der Waals surface area contributed by atoms with Gasteiger partial charge in [-0.15, -0.1) is 0 Å². The largest absolute Gasteiger partial charge is 0.480 e. The first-order valence-electron chi connectivity index (χ1n) is 9.42. The van der Waals surface area contributed by atoms with Crippen molar-refractivity contribution in [2.45, 2.75) is 64.0 Å². The molecule has 2 atom stereocenters. The van der Waals surface area contributed by atoms with Gasteiger partial charge in [-0.1, -0.05) is 62.9 Å². The van der Waals surface area contributed by atoms with E-state index < -0.39 is 12.0 Å². The third-order valence-electron chi connectivity index (χ3n) is 4.98. The molecule has 0 saturated heterocycles. The van der Waals surface area contributed by atoms with Gasteiger partial charge >= 0.3 is 5.97 Å². The van der Waals surface area contributed by atoms with Gasteiger partial charge in [-0.05, 0) is 30.7 Å². The number of rotatable bonds is 9. The lowest BCUT2D eigenvalue weighted by atomic mass is 9.81. The number of hydrogen-bond donors (Lipinski definition) is 3. The predicted molar refractivity (Wildman–Crippen MR) is 98.2 cm³/mol. The van der Waals surface area contributed by atoms with Crippen molar-refractivity contribution in [2.24, 2.45) is 5.92 Å². The van der Waals surface area contributed by atoms with Gasteiger partial charge in [0.25, 0.3) is 0 Å². The van der Waals surface area contributed by atoms with Crippen LogP contribution >= 0.6 is 0 Å². The summed E-state index contributed by atoms with van der Waals surface area (Å²) >= 11 is 0. The van der Waals surface area contributed by atoms with E-state index in [1.165, 1.54) is 19.3 Å². The number of hydrogen-bond acceptors (Lipinski definition) is 3. The van der Waals surface area contributed by atoms with Crippen LogP contribution in [-0.2, 0) is 9.59 Å². The maximum Gasteiger partial charge on any atom is 0.320 e. The van der Waals surface area contributed by atoms with E-state index in [2.05, 4.69) is 22.8 Å². The van der Waals surface area contributed by atoms with E-state index >= 15 is 0 Å². The molecule has 3 N–H and O–H groups in total. The highest BCUT2D eigenvalue weighted by Gasteiger charge is 2.26. The van der Waals surface area contributed by atoms with Crippen molar-refractivity contribution in [1.82, 2.24) is 10.6 Å². The number of carbonyl (C=O) groups is 2. The lowest BCUT2D eigenvalue weighted by Crippen LogP contribution is -2.45. The molecule has 0 radical (unpaired) electrons. The third kappa shape index (κ3) is 6.16. The molecular weight excluding hydrogens is 316 g/mol. The molecule has 0 heterocycles. The zero-order valence-corrected chi connectivity index (χ0v) is 15.0. The number of nitrogens with one attached hydrogen (secondary N) is 2. The zero-order chi connectivity index (χ0) is 18.1. The Bertz CT molecular complexity index is 541. The van der Waals surface area contributed by atoms with Gasteiger partial charge in [0, 0.05) is 0 Å². The van der Waals surface area contributed by atoms with Crippen LogP contribution in [0.5, 0.6) is 0 Å². The molecule has 5 nitrogen and oxygen atoms in total. The molecule has 0 spiro atoms. The second-order valence-corrected chi connectivity index (χ2v) is 6.91. The van der Waals surface area contributed by atoms with Gasteiger partial charge < -0.3 is 10.4 Å². The first-order valence-corrected chi connectivity index (χ1v) is 9.42. The molecule has 1 aliphatic rings. The van der Waals surface area contributed by atoms with Crippen molar-refractivity contribution >= 4 is 11.9 Å². The van der Waals surface area contributed by atoms with Crippen LogP contribution in [0.25, 0.3) is 0 Å². The summed E-state index contributed by atoms with van der Waals surface area (Å²) in [4.78, 5) is 23.6. The highest BCUT2D eigenvalue weighted by atomic mass is 16.4. The fourth-order valence-electron chi connectivity index (χ4n) is 3.64. The minimum Gasteiger partial charge on any atom is -0.480 e. The summed E-state index contributed by atoms with van der Waals surface area (Å²) in [7, 11) is 0. The summed E-state index contributed by atoms with van der Waals surface area (Å²) in [5, 5.41) is 15.2. The van der Waals surface area contributed by atoms with E-state index in [1.807, 2.05) is 25.1 Å². The summed E-state index contributed by atoms with van der Waals surface area (Å²) in [5.74, 6) is -0.589. The lowest BCUT2D eigenvalue weighted by molar-refractivity contribution is -0.139. The van der Waals surface area contributed by atoms with Crippen molar-refractivity contribution in [3.63, 3.8) is 0 Å². The van der Waals surface area contributed by atoms with E-state index in [4.69, 9.17) is 0 Å². The fourth-order valence-corrected chi connectivity index (χ4v) is 3.64. The van der Waals surface area contributed by atoms with E-state index in [9.17, 15) is 14.7 Å². The maximum atomic E-state index is 12.4. The average Bonchev–Trinajstić information content (AvgIpc) is 2.64. The number of carboxylic acid groups (broad SMARTS) is 1. The molecule has 25 heavy (non-hydrogen) atoms. The molecule has 138 valence electrons. The Balaban J connectivity index is 1.98. The van der Waals surface area contributed by atoms with Crippen molar-refractivity contribution in [2.75, 3.05) is 6.54 Å². The number of aliphatic carboxylic acids is 1. The highest BCUT2D eigenvalue weighted by molar-refractivity contribution is 5.80. The van der Waals surface area contributed by atoms with Crippen molar-refractivity contribution < 1.29 is 14.7 Å². The molecular formula is C20H30N2O3. The molecule has 5 heteroatoms. The Morgan fingerprint density at radius 2 is 1.84 bits per heavy atom. The average molecular weight is 346 g/mol. The van der Waals surface area contributed by atoms with Crippen LogP contribution in [0.15, 0.2) is 30.3 Å². The van der Waals surface area contributed by atoms with Crippen molar-refractivity contribution in [3.8, 4) is 0 Å². The van der Waals surface area contributed by atoms with Gasteiger partial charge in [-0.2, -0.15) is 0 Å². The van der Waals surface area contributed by atoms with Crippen LogP contribution < -0.4 is 10.6 Å². The molecule has 2 rings (SSSR count). The predicted octanol–water partition coefficient (Wildman–Crippen LogP) is 3.27. The van der Waals surface area contributed by atoms with Crippen LogP contribution in [0.1, 0.15) is 63.5 Å². The number of amides is 1. The summed E-state index contributed by atoms with van der Waals surface area (Å²) < 4.78 is 0. The van der Waals surface area contributed by atoms with E-state index in [1.54, 1.807) is 0 Å². The van der Waals surface area contributed by atoms with Gasteiger partial charge in [-0.3, -0.25) is 14.9 Å². The van der Waals surface area contributed by atoms with Crippen molar-refractivity contribution in [3.05, 3.63) is 35.9 Å². The summed E-state index contributed by atoms with van der Waals surface area (Å²) in [5.41, 5.74) is 1.13. The lowest BCUT2D eigenvalue weighted by Gasteiger charge is -2.31. The van der Waals surface area contributed by atoms with E-state index in [0.29, 0.717) is 12.3 Å². The Hall–Kier alpha value is -1.88. The molecule has 1 aliphatic carbocycles. The Morgan fingerprint density at radius 3 is 2.44 bits per heavy atom. The van der Waals surface area contributed by atoms with Crippen LogP contribution in [0.4, 0.5) is 0 Å². The van der Waals surface area contributed by atoms with Crippen LogP contribution in [0.3, 0.4) is 0 Å². The molecule has 2 unspecified atom stereocenters. The monoisotopic (exact) mass is 346 g/mol. The van der Waals surface area contributed by atoms with Crippen molar-refractivity contribution in [1.29, 1.82) is 0 Å². The van der Waals surface area contributed by atoms with Gasteiger partial charge in [-0.25, -0.2) is 0 Å². The molecule has 1 saturated carbocycles. The minimum atomic E-state index is -0.901. The quantitative estimate of drug-likeness (QED) is 0.641. The fraction of sp³-hybridized carbons (Fsp3) is 0.600. The second kappa shape index (κ2) is 10.2. The molecule has 1 fully saturated rings. The smallest absolute Gasteiger partial charge is 0.320 e. The molecule has 1 amide bonds. The Kier molecular flexibility index (Phi) is 7.92. The van der Waals surface area contributed by atoms with Gasteiger partial charge in [0.1, 0.15) is 6.04 Å². The number of carboxylic acids is 1. The first kappa shape index (κ1) is 19.4. The molecule has 1 aromatic rings. The maximum absolute atomic E-state index is 12.4. The normalized spacial score (nSPS) is 17.6. The summed E-state index contributed by atoms with van der Waals surface area (Å²) in [6.07, 6.45) is 7.22. The Morgan fingerprint density at radius 1 is 1.16 bits per heavy atom. The molecule has 0 aliphatic heterocycles. The van der Waals surface area contributed by atoms with Crippen LogP contribution in [0.2, 0.25) is 0 Å². The number of carbonyl (C=O) groups excluding carboxylic acids is 1. The SMILES string of the molecule is CCCC(NCC(=O)NC(c1ccccc1)C1CCCCC1)C(=O)O. The second-order valence-electron chi connectivity index (χ2n) is 6.91. The van der Waals surface area contributed by atoms with Gasteiger partial charge in [0.05, 0.1) is 12.6 Å². The van der Waals surface area contributed by atoms with E-state index in [-0.39, 0.29) is 18.5 Å². The Labute approximate surface area is 150 Å². The first-order chi connectivity index (χ1) is 12.1. The molecule has 0 bridgehead atoms.